The number of benzene rings is 2. The zero-order valence-electron chi connectivity index (χ0n) is 16.3. The molecule has 154 valence electrons. The molecule has 4 rings (SSSR count). The van der Waals surface area contributed by atoms with Crippen molar-refractivity contribution in [3.8, 4) is 6.07 Å². The van der Waals surface area contributed by atoms with E-state index in [4.69, 9.17) is 4.74 Å². The van der Waals surface area contributed by atoms with E-state index in [0.717, 1.165) is 5.52 Å². The highest BCUT2D eigenvalue weighted by molar-refractivity contribution is 7.89. The molecule has 3 aromatic rings. The summed E-state index contributed by atoms with van der Waals surface area (Å²) >= 11 is 0. The molecule has 1 aromatic heterocycles. The number of hydrogen-bond acceptors (Lipinski definition) is 6. The first-order chi connectivity index (χ1) is 14.4. The second-order valence-electron chi connectivity index (χ2n) is 6.86. The van der Waals surface area contributed by atoms with Gasteiger partial charge in [0.1, 0.15) is 17.4 Å². The maximum absolute atomic E-state index is 12.8. The third-order valence-electron chi connectivity index (χ3n) is 5.09. The first-order valence-electron chi connectivity index (χ1n) is 9.37. The fraction of sp³-hybridized carbons (Fsp3) is 0.238. The van der Waals surface area contributed by atoms with Gasteiger partial charge in [0.05, 0.1) is 29.1 Å². The van der Waals surface area contributed by atoms with Gasteiger partial charge in [0.15, 0.2) is 5.82 Å². The van der Waals surface area contributed by atoms with Crippen LogP contribution in [0.1, 0.15) is 11.4 Å². The van der Waals surface area contributed by atoms with Crippen molar-refractivity contribution >= 4 is 32.4 Å². The van der Waals surface area contributed by atoms with Crippen LogP contribution in [0, 0.1) is 11.3 Å². The fourth-order valence-electron chi connectivity index (χ4n) is 3.44. The number of ether oxygens (including phenoxy) is 1. The van der Waals surface area contributed by atoms with Crippen LogP contribution in [0.25, 0.3) is 22.4 Å². The molecule has 8 nitrogen and oxygen atoms in total. The number of aryl methyl sites for hydroxylation is 1. The van der Waals surface area contributed by atoms with Gasteiger partial charge >= 0.3 is 0 Å². The molecule has 1 aliphatic heterocycles. The molecule has 0 amide bonds. The van der Waals surface area contributed by atoms with Crippen LogP contribution in [0.4, 0.5) is 0 Å². The molecule has 0 aliphatic carbocycles. The van der Waals surface area contributed by atoms with Crippen molar-refractivity contribution in [2.45, 2.75) is 4.90 Å². The van der Waals surface area contributed by atoms with Crippen molar-refractivity contribution < 1.29 is 18.3 Å². The monoisotopic (exact) mass is 424 g/mol. The summed E-state index contributed by atoms with van der Waals surface area (Å²) in [5, 5.41) is 20.4. The highest BCUT2D eigenvalue weighted by atomic mass is 32.2. The first kappa shape index (κ1) is 20.1. The lowest BCUT2D eigenvalue weighted by Crippen LogP contribution is -2.40. The summed E-state index contributed by atoms with van der Waals surface area (Å²) in [7, 11) is -1.86. The summed E-state index contributed by atoms with van der Waals surface area (Å²) in [6.07, 6.45) is 0. The zero-order valence-corrected chi connectivity index (χ0v) is 17.1. The van der Waals surface area contributed by atoms with Crippen molar-refractivity contribution in [3.63, 3.8) is 0 Å². The Bertz CT molecular complexity index is 1260. The van der Waals surface area contributed by atoms with E-state index in [1.54, 1.807) is 11.6 Å². The van der Waals surface area contributed by atoms with Crippen molar-refractivity contribution in [3.05, 3.63) is 59.9 Å². The van der Waals surface area contributed by atoms with Crippen LogP contribution >= 0.6 is 0 Å². The SMILES string of the molecule is Cn1c(C(C#N)=C(O)c2ccc(S(=O)(=O)N3CCOCC3)cc2)nc2ccccc21. The minimum Gasteiger partial charge on any atom is -0.506 e. The van der Waals surface area contributed by atoms with E-state index >= 15 is 0 Å². The maximum Gasteiger partial charge on any atom is 0.243 e. The number of nitriles is 1. The molecule has 30 heavy (non-hydrogen) atoms. The highest BCUT2D eigenvalue weighted by Gasteiger charge is 2.26. The molecule has 1 N–H and O–H groups in total. The normalized spacial score (nSPS) is 16.3. The predicted molar refractivity (Wildman–Crippen MR) is 112 cm³/mol. The summed E-state index contributed by atoms with van der Waals surface area (Å²) < 4.78 is 33.8. The lowest BCUT2D eigenvalue weighted by molar-refractivity contribution is 0.0730. The van der Waals surface area contributed by atoms with Gasteiger partial charge in [-0.1, -0.05) is 12.1 Å². The van der Waals surface area contributed by atoms with E-state index < -0.39 is 10.0 Å². The average molecular weight is 424 g/mol. The van der Waals surface area contributed by atoms with Gasteiger partial charge in [-0.15, -0.1) is 0 Å². The molecule has 1 saturated heterocycles. The van der Waals surface area contributed by atoms with Gasteiger partial charge in [-0.2, -0.15) is 9.57 Å². The number of aromatic nitrogens is 2. The van der Waals surface area contributed by atoms with E-state index in [9.17, 15) is 18.8 Å². The Morgan fingerprint density at radius 2 is 1.80 bits per heavy atom. The van der Waals surface area contributed by atoms with Gasteiger partial charge in [0.2, 0.25) is 10.0 Å². The van der Waals surface area contributed by atoms with Crippen LogP contribution in [0.5, 0.6) is 0 Å². The predicted octanol–water partition coefficient (Wildman–Crippen LogP) is 2.54. The van der Waals surface area contributed by atoms with E-state index in [0.29, 0.717) is 43.2 Å². The van der Waals surface area contributed by atoms with E-state index in [2.05, 4.69) is 4.98 Å². The smallest absolute Gasteiger partial charge is 0.243 e. The molecule has 0 spiro atoms. The number of allylic oxidation sites excluding steroid dienone is 1. The third kappa shape index (κ3) is 3.45. The zero-order chi connectivity index (χ0) is 21.3. The molecule has 0 unspecified atom stereocenters. The van der Waals surface area contributed by atoms with Crippen molar-refractivity contribution in [2.24, 2.45) is 7.05 Å². The summed E-state index contributed by atoms with van der Waals surface area (Å²) in [6.45, 7) is 1.34. The minimum atomic E-state index is -3.63. The van der Waals surface area contributed by atoms with Gasteiger partial charge in [0.25, 0.3) is 0 Å². The highest BCUT2D eigenvalue weighted by Crippen LogP contribution is 2.27. The van der Waals surface area contributed by atoms with Crippen LogP contribution in [-0.4, -0.2) is 53.7 Å². The molecule has 0 atom stereocenters. The van der Waals surface area contributed by atoms with Crippen molar-refractivity contribution in [1.82, 2.24) is 13.9 Å². The van der Waals surface area contributed by atoms with Crippen LogP contribution in [0.2, 0.25) is 0 Å². The minimum absolute atomic E-state index is 0.0116. The largest absolute Gasteiger partial charge is 0.506 e. The second kappa shape index (κ2) is 7.91. The molecular formula is C21H20N4O4S. The number of morpholine rings is 1. The van der Waals surface area contributed by atoms with Crippen molar-refractivity contribution in [1.29, 1.82) is 5.26 Å². The standard InChI is InChI=1S/C21H20N4O4S/c1-24-19-5-3-2-4-18(19)23-21(24)17(14-22)20(26)15-6-8-16(9-7-15)30(27,28)25-10-12-29-13-11-25/h2-9,26H,10-13H2,1H3. The molecular weight excluding hydrogens is 404 g/mol. The lowest BCUT2D eigenvalue weighted by Gasteiger charge is -2.26. The number of rotatable bonds is 4. The van der Waals surface area contributed by atoms with Crippen molar-refractivity contribution in [2.75, 3.05) is 26.3 Å². The lowest BCUT2D eigenvalue weighted by atomic mass is 10.1. The molecule has 0 radical (unpaired) electrons. The fourth-order valence-corrected chi connectivity index (χ4v) is 4.85. The van der Waals surface area contributed by atoms with Crippen LogP contribution in [0.3, 0.4) is 0 Å². The molecule has 1 fully saturated rings. The number of fused-ring (bicyclic) bond motifs is 1. The van der Waals surface area contributed by atoms with Crippen LogP contribution < -0.4 is 0 Å². The van der Waals surface area contributed by atoms with Crippen LogP contribution in [-0.2, 0) is 21.8 Å². The number of nitrogens with zero attached hydrogens (tertiary/aromatic N) is 4. The first-order valence-corrected chi connectivity index (χ1v) is 10.8. The molecule has 2 aromatic carbocycles. The Labute approximate surface area is 174 Å². The number of para-hydroxylation sites is 2. The van der Waals surface area contributed by atoms with E-state index in [1.807, 2.05) is 30.3 Å². The van der Waals surface area contributed by atoms with Gasteiger partial charge in [0, 0.05) is 25.7 Å². The number of sulfonamides is 1. The molecule has 9 heteroatoms. The maximum atomic E-state index is 12.8. The number of imidazole rings is 1. The number of hydrogen-bond donors (Lipinski definition) is 1. The molecule has 0 bridgehead atoms. The summed E-state index contributed by atoms with van der Waals surface area (Å²) in [6, 6.07) is 15.3. The Morgan fingerprint density at radius 1 is 1.13 bits per heavy atom. The average Bonchev–Trinajstić information content (AvgIpc) is 3.11. The molecule has 0 saturated carbocycles. The summed E-state index contributed by atoms with van der Waals surface area (Å²) in [4.78, 5) is 4.58. The number of aliphatic hydroxyl groups is 1. The summed E-state index contributed by atoms with van der Waals surface area (Å²) in [5.41, 5.74) is 1.89. The topological polar surface area (TPSA) is 108 Å². The Kier molecular flexibility index (Phi) is 5.30. The number of aliphatic hydroxyl groups excluding tert-OH is 1. The Morgan fingerprint density at radius 3 is 2.43 bits per heavy atom. The summed E-state index contributed by atoms with van der Waals surface area (Å²) in [5.74, 6) is 0.0763. The molecule has 2 heterocycles. The van der Waals surface area contributed by atoms with E-state index in [1.165, 1.54) is 28.6 Å². The van der Waals surface area contributed by atoms with E-state index in [-0.39, 0.29) is 16.2 Å². The third-order valence-corrected chi connectivity index (χ3v) is 7.01. The van der Waals surface area contributed by atoms with Gasteiger partial charge in [-0.3, -0.25) is 0 Å². The Hall–Kier alpha value is -3.19. The van der Waals surface area contributed by atoms with Gasteiger partial charge in [-0.05, 0) is 36.4 Å². The second-order valence-corrected chi connectivity index (χ2v) is 8.80. The van der Waals surface area contributed by atoms with Gasteiger partial charge in [-0.25, -0.2) is 13.4 Å². The Balaban J connectivity index is 1.71. The van der Waals surface area contributed by atoms with Gasteiger partial charge < -0.3 is 14.4 Å². The quantitative estimate of drug-likeness (QED) is 0.509. The van der Waals surface area contributed by atoms with Crippen LogP contribution in [0.15, 0.2) is 53.4 Å². The molecule has 1 aliphatic rings.